The van der Waals surface area contributed by atoms with Crippen LogP contribution in [0.25, 0.3) is 0 Å². The number of nitrogens with two attached hydrogens (primary N) is 1. The predicted octanol–water partition coefficient (Wildman–Crippen LogP) is 1.99. The van der Waals surface area contributed by atoms with Gasteiger partial charge in [-0.2, -0.15) is 8.78 Å². The van der Waals surface area contributed by atoms with Crippen molar-refractivity contribution in [3.05, 3.63) is 29.8 Å². The first-order valence-corrected chi connectivity index (χ1v) is 6.14. The van der Waals surface area contributed by atoms with E-state index in [0.29, 0.717) is 5.56 Å². The second kappa shape index (κ2) is 5.97. The van der Waals surface area contributed by atoms with Crippen molar-refractivity contribution in [3.63, 3.8) is 0 Å². The third kappa shape index (κ3) is 3.41. The standard InChI is InChI=1S/C13H16F2N2O2/c14-13(15)19-8-11-2-1-7-17(11)10-5-3-9(4-6-10)12(16)18/h3-6,11,13H,1-2,7-8H2,(H2,16,18)/t11-/m0/s1. The van der Waals surface area contributed by atoms with Crippen LogP contribution in [-0.4, -0.2) is 31.7 Å². The molecule has 0 aromatic heterocycles. The number of halogens is 2. The summed E-state index contributed by atoms with van der Waals surface area (Å²) in [5.41, 5.74) is 6.50. The van der Waals surface area contributed by atoms with Gasteiger partial charge in [0, 0.05) is 17.8 Å². The van der Waals surface area contributed by atoms with Gasteiger partial charge in [0.2, 0.25) is 5.91 Å². The van der Waals surface area contributed by atoms with E-state index in [4.69, 9.17) is 5.73 Å². The summed E-state index contributed by atoms with van der Waals surface area (Å²) >= 11 is 0. The van der Waals surface area contributed by atoms with E-state index in [-0.39, 0.29) is 12.6 Å². The summed E-state index contributed by atoms with van der Waals surface area (Å²) in [6, 6.07) is 6.79. The van der Waals surface area contributed by atoms with E-state index in [0.717, 1.165) is 25.1 Å². The summed E-state index contributed by atoms with van der Waals surface area (Å²) in [6.45, 7) is -1.93. The first kappa shape index (κ1) is 13.7. The topological polar surface area (TPSA) is 55.6 Å². The third-order valence-corrected chi connectivity index (χ3v) is 3.28. The number of alkyl halides is 2. The molecule has 104 valence electrons. The van der Waals surface area contributed by atoms with E-state index in [1.807, 2.05) is 4.90 Å². The van der Waals surface area contributed by atoms with Crippen molar-refractivity contribution in [2.45, 2.75) is 25.5 Å². The number of rotatable bonds is 5. The maximum Gasteiger partial charge on any atom is 0.345 e. The lowest BCUT2D eigenvalue weighted by Gasteiger charge is -2.26. The molecule has 2 N–H and O–H groups in total. The molecule has 1 heterocycles. The van der Waals surface area contributed by atoms with Crippen molar-refractivity contribution in [1.82, 2.24) is 0 Å². The molecule has 0 aliphatic carbocycles. The molecule has 0 spiro atoms. The zero-order valence-electron chi connectivity index (χ0n) is 10.4. The number of carbonyl (C=O) groups excluding carboxylic acids is 1. The third-order valence-electron chi connectivity index (χ3n) is 3.28. The van der Waals surface area contributed by atoms with E-state index in [1.54, 1.807) is 24.3 Å². The molecule has 0 bridgehead atoms. The van der Waals surface area contributed by atoms with Crippen LogP contribution in [0.4, 0.5) is 14.5 Å². The minimum Gasteiger partial charge on any atom is -0.366 e. The highest BCUT2D eigenvalue weighted by atomic mass is 19.3. The summed E-state index contributed by atoms with van der Waals surface area (Å²) in [6.07, 6.45) is 1.76. The van der Waals surface area contributed by atoms with Crippen LogP contribution in [0.2, 0.25) is 0 Å². The van der Waals surface area contributed by atoms with Gasteiger partial charge in [0.15, 0.2) is 0 Å². The molecule has 19 heavy (non-hydrogen) atoms. The molecule has 1 atom stereocenters. The van der Waals surface area contributed by atoms with Crippen LogP contribution >= 0.6 is 0 Å². The fraction of sp³-hybridized carbons (Fsp3) is 0.462. The average Bonchev–Trinajstić information content (AvgIpc) is 2.84. The fourth-order valence-corrected chi connectivity index (χ4v) is 2.35. The van der Waals surface area contributed by atoms with Crippen LogP contribution in [0.3, 0.4) is 0 Å². The van der Waals surface area contributed by atoms with E-state index < -0.39 is 12.5 Å². The molecule has 6 heteroatoms. The number of nitrogens with zero attached hydrogens (tertiary/aromatic N) is 1. The second-order valence-corrected chi connectivity index (χ2v) is 4.49. The molecule has 0 unspecified atom stereocenters. The molecule has 1 aromatic rings. The molecular weight excluding hydrogens is 254 g/mol. The van der Waals surface area contributed by atoms with Gasteiger partial charge in [0.05, 0.1) is 12.6 Å². The van der Waals surface area contributed by atoms with Crippen molar-refractivity contribution >= 4 is 11.6 Å². The van der Waals surface area contributed by atoms with Crippen molar-refractivity contribution < 1.29 is 18.3 Å². The molecular formula is C13H16F2N2O2. The Morgan fingerprint density at radius 3 is 2.68 bits per heavy atom. The quantitative estimate of drug-likeness (QED) is 0.890. The zero-order chi connectivity index (χ0) is 13.8. The SMILES string of the molecule is NC(=O)c1ccc(N2CCC[C@H]2COC(F)F)cc1. The molecule has 1 fully saturated rings. The van der Waals surface area contributed by atoms with Crippen LogP contribution in [0.5, 0.6) is 0 Å². The number of ether oxygens (including phenoxy) is 1. The average molecular weight is 270 g/mol. The number of carbonyl (C=O) groups is 1. The van der Waals surface area contributed by atoms with E-state index in [2.05, 4.69) is 4.74 Å². The van der Waals surface area contributed by atoms with Gasteiger partial charge < -0.3 is 15.4 Å². The van der Waals surface area contributed by atoms with Gasteiger partial charge in [-0.25, -0.2) is 0 Å². The zero-order valence-corrected chi connectivity index (χ0v) is 10.4. The molecule has 1 amide bonds. The number of hydrogen-bond donors (Lipinski definition) is 1. The predicted molar refractivity (Wildman–Crippen MR) is 67.3 cm³/mol. The normalized spacial score (nSPS) is 19.1. The minimum absolute atomic E-state index is 0.00916. The Bertz CT molecular complexity index is 437. The minimum atomic E-state index is -2.74. The summed E-state index contributed by atoms with van der Waals surface area (Å²) in [4.78, 5) is 13.0. The van der Waals surface area contributed by atoms with Gasteiger partial charge in [-0.15, -0.1) is 0 Å². The molecule has 1 aliphatic rings. The van der Waals surface area contributed by atoms with Crippen LogP contribution in [0, 0.1) is 0 Å². The van der Waals surface area contributed by atoms with E-state index in [9.17, 15) is 13.6 Å². The summed E-state index contributed by atoms with van der Waals surface area (Å²) < 4.78 is 28.5. The lowest BCUT2D eigenvalue weighted by molar-refractivity contribution is -0.131. The molecule has 0 radical (unpaired) electrons. The van der Waals surface area contributed by atoms with E-state index >= 15 is 0 Å². The van der Waals surface area contributed by atoms with Crippen molar-refractivity contribution in [3.8, 4) is 0 Å². The molecule has 4 nitrogen and oxygen atoms in total. The largest absolute Gasteiger partial charge is 0.366 e. The van der Waals surface area contributed by atoms with Gasteiger partial charge in [-0.05, 0) is 37.1 Å². The number of amides is 1. The van der Waals surface area contributed by atoms with Crippen LogP contribution in [0.1, 0.15) is 23.2 Å². The Morgan fingerprint density at radius 2 is 2.11 bits per heavy atom. The summed E-state index contributed by atoms with van der Waals surface area (Å²) in [7, 11) is 0. The number of hydrogen-bond acceptors (Lipinski definition) is 3. The maximum absolute atomic E-state index is 12.1. The Morgan fingerprint density at radius 1 is 1.42 bits per heavy atom. The van der Waals surface area contributed by atoms with Gasteiger partial charge in [-0.1, -0.05) is 0 Å². The van der Waals surface area contributed by atoms with Gasteiger partial charge in [-0.3, -0.25) is 4.79 Å². The van der Waals surface area contributed by atoms with Crippen LogP contribution < -0.4 is 10.6 Å². The highest BCUT2D eigenvalue weighted by Crippen LogP contribution is 2.26. The number of benzene rings is 1. The molecule has 1 saturated heterocycles. The molecule has 2 rings (SSSR count). The number of anilines is 1. The van der Waals surface area contributed by atoms with Crippen LogP contribution in [0.15, 0.2) is 24.3 Å². The van der Waals surface area contributed by atoms with E-state index in [1.165, 1.54) is 0 Å². The summed E-state index contributed by atoms with van der Waals surface area (Å²) in [5.74, 6) is -0.481. The Balaban J connectivity index is 2.04. The Labute approximate surface area is 110 Å². The Kier molecular flexibility index (Phi) is 4.31. The lowest BCUT2D eigenvalue weighted by Crippen LogP contribution is -2.33. The Hall–Kier alpha value is -1.69. The van der Waals surface area contributed by atoms with Gasteiger partial charge in [0.25, 0.3) is 0 Å². The molecule has 1 aromatic carbocycles. The maximum atomic E-state index is 12.1. The smallest absolute Gasteiger partial charge is 0.345 e. The number of primary amides is 1. The van der Waals surface area contributed by atoms with Gasteiger partial charge in [0.1, 0.15) is 0 Å². The first-order chi connectivity index (χ1) is 9.08. The molecule has 1 aliphatic heterocycles. The highest BCUT2D eigenvalue weighted by Gasteiger charge is 2.25. The van der Waals surface area contributed by atoms with Crippen molar-refractivity contribution in [2.75, 3.05) is 18.1 Å². The first-order valence-electron chi connectivity index (χ1n) is 6.14. The monoisotopic (exact) mass is 270 g/mol. The lowest BCUT2D eigenvalue weighted by atomic mass is 10.1. The fourth-order valence-electron chi connectivity index (χ4n) is 2.35. The van der Waals surface area contributed by atoms with Crippen molar-refractivity contribution in [2.24, 2.45) is 5.73 Å². The summed E-state index contributed by atoms with van der Waals surface area (Å²) in [5, 5.41) is 0. The van der Waals surface area contributed by atoms with Crippen LogP contribution in [-0.2, 0) is 4.74 Å². The highest BCUT2D eigenvalue weighted by molar-refractivity contribution is 5.93. The molecule has 0 saturated carbocycles. The second-order valence-electron chi connectivity index (χ2n) is 4.49. The van der Waals surface area contributed by atoms with Gasteiger partial charge >= 0.3 is 6.61 Å². The van der Waals surface area contributed by atoms with Crippen molar-refractivity contribution in [1.29, 1.82) is 0 Å².